The first-order chi connectivity index (χ1) is 7.99. The molecule has 2 rings (SSSR count). The standard InChI is InChI=1S/C11H9BrF2O3/c12-6-2-1-5-3-7(11(15)16)9(10(13)14)17-8(5)4-6/h1-2,4,7,9-10H,3H2,(H,15,16). The van der Waals surface area contributed by atoms with Crippen molar-refractivity contribution in [1.82, 2.24) is 0 Å². The number of benzene rings is 1. The average molecular weight is 307 g/mol. The highest BCUT2D eigenvalue weighted by Gasteiger charge is 2.40. The molecule has 0 spiro atoms. The van der Waals surface area contributed by atoms with E-state index in [-0.39, 0.29) is 6.42 Å². The third-order valence-corrected chi connectivity index (χ3v) is 3.19. The fourth-order valence-electron chi connectivity index (χ4n) is 1.84. The van der Waals surface area contributed by atoms with Crippen LogP contribution in [0.4, 0.5) is 8.78 Å². The molecule has 0 aliphatic carbocycles. The number of hydrogen-bond acceptors (Lipinski definition) is 2. The number of carboxylic acids is 1. The predicted octanol–water partition coefficient (Wildman–Crippen LogP) is 2.72. The molecule has 3 nitrogen and oxygen atoms in total. The Labute approximate surface area is 105 Å². The van der Waals surface area contributed by atoms with Crippen molar-refractivity contribution in [2.24, 2.45) is 5.92 Å². The molecule has 1 aliphatic rings. The molecule has 92 valence electrons. The molecular formula is C11H9BrF2O3. The van der Waals surface area contributed by atoms with Crippen molar-refractivity contribution in [2.75, 3.05) is 0 Å². The first-order valence-electron chi connectivity index (χ1n) is 4.95. The van der Waals surface area contributed by atoms with Gasteiger partial charge in [-0.15, -0.1) is 0 Å². The van der Waals surface area contributed by atoms with E-state index in [1.165, 1.54) is 0 Å². The number of alkyl halides is 2. The number of aliphatic carboxylic acids is 1. The van der Waals surface area contributed by atoms with E-state index < -0.39 is 24.4 Å². The van der Waals surface area contributed by atoms with Gasteiger partial charge in [-0.2, -0.15) is 0 Å². The topological polar surface area (TPSA) is 46.5 Å². The molecule has 1 N–H and O–H groups in total. The second-order valence-electron chi connectivity index (χ2n) is 3.82. The number of ether oxygens (including phenoxy) is 1. The number of halogens is 3. The lowest BCUT2D eigenvalue weighted by Crippen LogP contribution is -2.42. The molecule has 1 aliphatic heterocycles. The van der Waals surface area contributed by atoms with Crippen LogP contribution in [0.5, 0.6) is 5.75 Å². The number of carbonyl (C=O) groups is 1. The molecule has 0 saturated carbocycles. The number of hydrogen-bond donors (Lipinski definition) is 1. The van der Waals surface area contributed by atoms with Crippen molar-refractivity contribution >= 4 is 21.9 Å². The number of fused-ring (bicyclic) bond motifs is 1. The Hall–Kier alpha value is -1.17. The van der Waals surface area contributed by atoms with E-state index in [0.717, 1.165) is 0 Å². The smallest absolute Gasteiger partial charge is 0.310 e. The van der Waals surface area contributed by atoms with Crippen LogP contribution < -0.4 is 4.74 Å². The van der Waals surface area contributed by atoms with Crippen LogP contribution in [-0.4, -0.2) is 23.6 Å². The lowest BCUT2D eigenvalue weighted by Gasteiger charge is -2.30. The van der Waals surface area contributed by atoms with Crippen LogP contribution in [0.1, 0.15) is 5.56 Å². The molecule has 1 heterocycles. The molecule has 0 bridgehead atoms. The van der Waals surface area contributed by atoms with E-state index in [4.69, 9.17) is 9.84 Å². The Morgan fingerprint density at radius 2 is 2.24 bits per heavy atom. The Balaban J connectivity index is 2.36. The summed E-state index contributed by atoms with van der Waals surface area (Å²) in [5, 5.41) is 8.92. The van der Waals surface area contributed by atoms with Gasteiger partial charge in [0.2, 0.25) is 0 Å². The highest BCUT2D eigenvalue weighted by Crippen LogP contribution is 2.35. The largest absolute Gasteiger partial charge is 0.483 e. The Morgan fingerprint density at radius 3 is 2.82 bits per heavy atom. The van der Waals surface area contributed by atoms with Crippen LogP contribution >= 0.6 is 15.9 Å². The van der Waals surface area contributed by atoms with Gasteiger partial charge < -0.3 is 9.84 Å². The molecule has 1 aromatic rings. The second-order valence-corrected chi connectivity index (χ2v) is 4.73. The van der Waals surface area contributed by atoms with Gasteiger partial charge in [0.05, 0.1) is 0 Å². The summed E-state index contributed by atoms with van der Waals surface area (Å²) in [7, 11) is 0. The fraction of sp³-hybridized carbons (Fsp3) is 0.364. The summed E-state index contributed by atoms with van der Waals surface area (Å²) in [4.78, 5) is 10.9. The van der Waals surface area contributed by atoms with Crippen molar-refractivity contribution in [3.63, 3.8) is 0 Å². The van der Waals surface area contributed by atoms with Crippen molar-refractivity contribution < 1.29 is 23.4 Å². The van der Waals surface area contributed by atoms with E-state index in [1.807, 2.05) is 0 Å². The summed E-state index contributed by atoms with van der Waals surface area (Å²) in [5.74, 6) is -2.14. The van der Waals surface area contributed by atoms with Crippen molar-refractivity contribution in [2.45, 2.75) is 19.0 Å². The summed E-state index contributed by atoms with van der Waals surface area (Å²) >= 11 is 3.21. The van der Waals surface area contributed by atoms with E-state index >= 15 is 0 Å². The van der Waals surface area contributed by atoms with E-state index in [1.54, 1.807) is 18.2 Å². The highest BCUT2D eigenvalue weighted by atomic mass is 79.9. The zero-order valence-corrected chi connectivity index (χ0v) is 10.2. The molecule has 0 amide bonds. The molecule has 6 heteroatoms. The van der Waals surface area contributed by atoms with Gasteiger partial charge in [-0.25, -0.2) is 8.78 Å². The van der Waals surface area contributed by atoms with Gasteiger partial charge >= 0.3 is 5.97 Å². The lowest BCUT2D eigenvalue weighted by molar-refractivity contribution is -0.150. The van der Waals surface area contributed by atoms with Crippen LogP contribution in [0, 0.1) is 5.92 Å². The summed E-state index contributed by atoms with van der Waals surface area (Å²) in [6, 6.07) is 4.98. The molecule has 0 saturated heterocycles. The fourth-order valence-corrected chi connectivity index (χ4v) is 2.18. The molecule has 2 atom stereocenters. The first kappa shape index (κ1) is 12.3. The predicted molar refractivity (Wildman–Crippen MR) is 59.4 cm³/mol. The molecule has 1 aromatic carbocycles. The minimum Gasteiger partial charge on any atom is -0.483 e. The van der Waals surface area contributed by atoms with Crippen LogP contribution in [0.15, 0.2) is 22.7 Å². The maximum Gasteiger partial charge on any atom is 0.310 e. The normalized spacial score (nSPS) is 23.1. The third-order valence-electron chi connectivity index (χ3n) is 2.69. The van der Waals surface area contributed by atoms with Gasteiger partial charge in [0.25, 0.3) is 6.43 Å². The van der Waals surface area contributed by atoms with Crippen LogP contribution in [0.3, 0.4) is 0 Å². The zero-order chi connectivity index (χ0) is 12.6. The summed E-state index contributed by atoms with van der Waals surface area (Å²) in [5.41, 5.74) is 0.637. The summed E-state index contributed by atoms with van der Waals surface area (Å²) in [6.07, 6.45) is -4.34. The van der Waals surface area contributed by atoms with Crippen molar-refractivity contribution in [3.8, 4) is 5.75 Å². The van der Waals surface area contributed by atoms with Gasteiger partial charge in [0, 0.05) is 4.47 Å². The van der Waals surface area contributed by atoms with Crippen molar-refractivity contribution in [3.05, 3.63) is 28.2 Å². The van der Waals surface area contributed by atoms with Crippen molar-refractivity contribution in [1.29, 1.82) is 0 Å². The minimum atomic E-state index is -2.82. The third kappa shape index (κ3) is 2.41. The highest BCUT2D eigenvalue weighted by molar-refractivity contribution is 9.10. The molecule has 0 radical (unpaired) electrons. The number of rotatable bonds is 2. The summed E-state index contributed by atoms with van der Waals surface area (Å²) < 4.78 is 31.2. The average Bonchev–Trinajstić information content (AvgIpc) is 2.26. The first-order valence-corrected chi connectivity index (χ1v) is 5.74. The van der Waals surface area contributed by atoms with Gasteiger partial charge in [-0.05, 0) is 24.1 Å². The minimum absolute atomic E-state index is 0.0625. The van der Waals surface area contributed by atoms with E-state index in [9.17, 15) is 13.6 Å². The molecule has 0 fully saturated rings. The molecular weight excluding hydrogens is 298 g/mol. The van der Waals surface area contributed by atoms with Crippen LogP contribution in [-0.2, 0) is 11.2 Å². The Kier molecular flexibility index (Phi) is 3.33. The van der Waals surface area contributed by atoms with E-state index in [2.05, 4.69) is 15.9 Å². The number of carboxylic acid groups (broad SMARTS) is 1. The summed E-state index contributed by atoms with van der Waals surface area (Å²) in [6.45, 7) is 0. The molecule has 0 aromatic heterocycles. The van der Waals surface area contributed by atoms with Gasteiger partial charge in [0.15, 0.2) is 6.10 Å². The maximum absolute atomic E-state index is 12.7. The molecule has 2 unspecified atom stereocenters. The quantitative estimate of drug-likeness (QED) is 0.914. The van der Waals surface area contributed by atoms with Gasteiger partial charge in [-0.1, -0.05) is 22.0 Å². The van der Waals surface area contributed by atoms with Crippen LogP contribution in [0.25, 0.3) is 0 Å². The maximum atomic E-state index is 12.7. The monoisotopic (exact) mass is 306 g/mol. The Morgan fingerprint density at radius 1 is 1.53 bits per heavy atom. The van der Waals surface area contributed by atoms with Gasteiger partial charge in [0.1, 0.15) is 11.7 Å². The van der Waals surface area contributed by atoms with Gasteiger partial charge in [-0.3, -0.25) is 4.79 Å². The second kappa shape index (κ2) is 4.60. The SMILES string of the molecule is O=C(O)C1Cc2ccc(Br)cc2OC1C(F)F. The molecule has 17 heavy (non-hydrogen) atoms. The Bertz CT molecular complexity index is 450. The van der Waals surface area contributed by atoms with Crippen LogP contribution in [0.2, 0.25) is 0 Å². The lowest BCUT2D eigenvalue weighted by atomic mass is 9.91. The zero-order valence-electron chi connectivity index (χ0n) is 8.57. The van der Waals surface area contributed by atoms with E-state index in [0.29, 0.717) is 15.8 Å².